The van der Waals surface area contributed by atoms with Crippen molar-refractivity contribution in [1.29, 1.82) is 0 Å². The number of amides is 1. The van der Waals surface area contributed by atoms with Crippen molar-refractivity contribution in [2.45, 2.75) is 59.5 Å². The van der Waals surface area contributed by atoms with Crippen molar-refractivity contribution < 1.29 is 9.53 Å². The number of carbonyl (C=O) groups is 1. The Kier molecular flexibility index (Phi) is 8.92. The third-order valence-corrected chi connectivity index (χ3v) is 4.31. The Hall–Kier alpha value is -0.810. The SMILES string of the molecule is CC(C)C(CNCCN1CCCCC1)CNC(=O)OC(C)(C)C. The van der Waals surface area contributed by atoms with Gasteiger partial charge < -0.3 is 20.3 Å². The van der Waals surface area contributed by atoms with Crippen molar-refractivity contribution in [3.8, 4) is 0 Å². The van der Waals surface area contributed by atoms with Crippen LogP contribution in [0.3, 0.4) is 0 Å². The maximum absolute atomic E-state index is 11.8. The number of nitrogens with zero attached hydrogens (tertiary/aromatic N) is 1. The average molecular weight is 328 g/mol. The Bertz CT molecular complexity index is 334. The maximum Gasteiger partial charge on any atom is 0.407 e. The van der Waals surface area contributed by atoms with Gasteiger partial charge in [-0.15, -0.1) is 0 Å². The van der Waals surface area contributed by atoms with E-state index >= 15 is 0 Å². The minimum atomic E-state index is -0.440. The second-order valence-corrected chi connectivity index (χ2v) is 7.99. The topological polar surface area (TPSA) is 53.6 Å². The molecule has 0 aromatic carbocycles. The van der Waals surface area contributed by atoms with Gasteiger partial charge in [0.2, 0.25) is 0 Å². The zero-order valence-corrected chi connectivity index (χ0v) is 15.8. The number of hydrogen-bond acceptors (Lipinski definition) is 4. The van der Waals surface area contributed by atoms with E-state index in [0.29, 0.717) is 18.4 Å². The van der Waals surface area contributed by atoms with Crippen LogP contribution in [0.15, 0.2) is 0 Å². The first-order valence-electron chi connectivity index (χ1n) is 9.18. The summed E-state index contributed by atoms with van der Waals surface area (Å²) < 4.78 is 5.30. The summed E-state index contributed by atoms with van der Waals surface area (Å²) in [6, 6.07) is 0. The van der Waals surface area contributed by atoms with E-state index in [1.807, 2.05) is 20.8 Å². The van der Waals surface area contributed by atoms with Crippen molar-refractivity contribution >= 4 is 6.09 Å². The summed E-state index contributed by atoms with van der Waals surface area (Å²) >= 11 is 0. The summed E-state index contributed by atoms with van der Waals surface area (Å²) in [7, 11) is 0. The fraction of sp³-hybridized carbons (Fsp3) is 0.944. The summed E-state index contributed by atoms with van der Waals surface area (Å²) in [4.78, 5) is 14.3. The lowest BCUT2D eigenvalue weighted by atomic mass is 9.96. The third-order valence-electron chi connectivity index (χ3n) is 4.31. The highest BCUT2D eigenvalue weighted by molar-refractivity contribution is 5.67. The van der Waals surface area contributed by atoms with Crippen molar-refractivity contribution in [1.82, 2.24) is 15.5 Å². The van der Waals surface area contributed by atoms with E-state index in [4.69, 9.17) is 4.74 Å². The highest BCUT2D eigenvalue weighted by Gasteiger charge is 2.19. The molecule has 1 fully saturated rings. The van der Waals surface area contributed by atoms with Crippen LogP contribution < -0.4 is 10.6 Å². The first kappa shape index (κ1) is 20.2. The molecule has 0 aromatic heterocycles. The molecular weight excluding hydrogens is 290 g/mol. The molecule has 1 rings (SSSR count). The van der Waals surface area contributed by atoms with E-state index in [9.17, 15) is 4.79 Å². The first-order chi connectivity index (χ1) is 10.8. The van der Waals surface area contributed by atoms with Gasteiger partial charge in [-0.1, -0.05) is 20.3 Å². The lowest BCUT2D eigenvalue weighted by Crippen LogP contribution is -2.41. The Balaban J connectivity index is 2.19. The smallest absolute Gasteiger partial charge is 0.407 e. The van der Waals surface area contributed by atoms with Crippen LogP contribution in [0.25, 0.3) is 0 Å². The Labute approximate surface area is 142 Å². The summed E-state index contributed by atoms with van der Waals surface area (Å²) in [6.45, 7) is 16.3. The van der Waals surface area contributed by atoms with Gasteiger partial charge in [-0.3, -0.25) is 0 Å². The predicted molar refractivity (Wildman–Crippen MR) is 95.7 cm³/mol. The van der Waals surface area contributed by atoms with Crippen molar-refractivity contribution in [3.05, 3.63) is 0 Å². The summed E-state index contributed by atoms with van der Waals surface area (Å²) in [5, 5.41) is 6.45. The van der Waals surface area contributed by atoms with Crippen LogP contribution in [0.5, 0.6) is 0 Å². The fourth-order valence-electron chi connectivity index (χ4n) is 2.78. The second kappa shape index (κ2) is 10.1. The molecule has 2 N–H and O–H groups in total. The second-order valence-electron chi connectivity index (χ2n) is 7.99. The van der Waals surface area contributed by atoms with E-state index < -0.39 is 5.60 Å². The van der Waals surface area contributed by atoms with Gasteiger partial charge in [0.1, 0.15) is 5.60 Å². The van der Waals surface area contributed by atoms with Crippen LogP contribution in [0.2, 0.25) is 0 Å². The van der Waals surface area contributed by atoms with E-state index in [1.54, 1.807) is 0 Å². The number of piperidine rings is 1. The molecule has 1 aliphatic rings. The molecule has 23 heavy (non-hydrogen) atoms. The van der Waals surface area contributed by atoms with E-state index in [2.05, 4.69) is 29.4 Å². The highest BCUT2D eigenvalue weighted by atomic mass is 16.6. The molecule has 1 aliphatic heterocycles. The van der Waals surface area contributed by atoms with E-state index in [-0.39, 0.29) is 6.09 Å². The molecule has 1 atom stereocenters. The molecule has 1 saturated heterocycles. The van der Waals surface area contributed by atoms with Crippen LogP contribution in [-0.2, 0) is 4.74 Å². The molecule has 0 bridgehead atoms. The monoisotopic (exact) mass is 327 g/mol. The maximum atomic E-state index is 11.8. The fourth-order valence-corrected chi connectivity index (χ4v) is 2.78. The Morgan fingerprint density at radius 2 is 1.78 bits per heavy atom. The quantitative estimate of drug-likeness (QED) is 0.673. The van der Waals surface area contributed by atoms with Gasteiger partial charge in [0.25, 0.3) is 0 Å². The van der Waals surface area contributed by atoms with Crippen molar-refractivity contribution in [3.63, 3.8) is 0 Å². The molecule has 5 nitrogen and oxygen atoms in total. The van der Waals surface area contributed by atoms with Crippen LogP contribution in [-0.4, -0.2) is 55.9 Å². The summed E-state index contributed by atoms with van der Waals surface area (Å²) in [5.41, 5.74) is -0.440. The molecule has 0 radical (unpaired) electrons. The van der Waals surface area contributed by atoms with E-state index in [0.717, 1.165) is 19.6 Å². The van der Waals surface area contributed by atoms with Gasteiger partial charge in [0.05, 0.1) is 0 Å². The highest BCUT2D eigenvalue weighted by Crippen LogP contribution is 2.11. The van der Waals surface area contributed by atoms with Gasteiger partial charge in [-0.2, -0.15) is 0 Å². The predicted octanol–water partition coefficient (Wildman–Crippen LogP) is 2.86. The average Bonchev–Trinajstić information content (AvgIpc) is 2.45. The van der Waals surface area contributed by atoms with Gasteiger partial charge in [0.15, 0.2) is 0 Å². The number of ether oxygens (including phenoxy) is 1. The zero-order chi connectivity index (χ0) is 17.3. The van der Waals surface area contributed by atoms with Crippen LogP contribution >= 0.6 is 0 Å². The number of nitrogens with one attached hydrogen (secondary N) is 2. The third kappa shape index (κ3) is 9.82. The largest absolute Gasteiger partial charge is 0.444 e. The number of rotatable bonds is 8. The molecule has 0 aliphatic carbocycles. The number of hydrogen-bond donors (Lipinski definition) is 2. The zero-order valence-electron chi connectivity index (χ0n) is 15.8. The molecule has 1 amide bonds. The lowest BCUT2D eigenvalue weighted by Gasteiger charge is -2.27. The first-order valence-corrected chi connectivity index (χ1v) is 9.18. The van der Waals surface area contributed by atoms with Gasteiger partial charge >= 0.3 is 6.09 Å². The Morgan fingerprint density at radius 1 is 1.13 bits per heavy atom. The Morgan fingerprint density at radius 3 is 2.35 bits per heavy atom. The lowest BCUT2D eigenvalue weighted by molar-refractivity contribution is 0.0515. The molecule has 1 unspecified atom stereocenters. The van der Waals surface area contributed by atoms with E-state index in [1.165, 1.54) is 32.4 Å². The van der Waals surface area contributed by atoms with Gasteiger partial charge in [0, 0.05) is 19.6 Å². The minimum Gasteiger partial charge on any atom is -0.444 e. The molecule has 0 aromatic rings. The number of likely N-dealkylation sites (tertiary alicyclic amines) is 1. The van der Waals surface area contributed by atoms with Gasteiger partial charge in [-0.05, 0) is 65.1 Å². The molecule has 0 saturated carbocycles. The van der Waals surface area contributed by atoms with Gasteiger partial charge in [-0.25, -0.2) is 4.79 Å². The molecule has 136 valence electrons. The number of carbonyl (C=O) groups excluding carboxylic acids is 1. The summed E-state index contributed by atoms with van der Waals surface area (Å²) in [6.07, 6.45) is 3.75. The minimum absolute atomic E-state index is 0.323. The van der Waals surface area contributed by atoms with Crippen LogP contribution in [0.4, 0.5) is 4.79 Å². The van der Waals surface area contributed by atoms with Crippen LogP contribution in [0, 0.1) is 11.8 Å². The molecule has 0 spiro atoms. The van der Waals surface area contributed by atoms with Crippen molar-refractivity contribution in [2.75, 3.05) is 39.3 Å². The molecule has 1 heterocycles. The molecular formula is C18H37N3O2. The normalized spacial score (nSPS) is 18.0. The standard InChI is InChI=1S/C18H37N3O2/c1-15(2)16(14-20-17(22)23-18(3,4)5)13-19-9-12-21-10-7-6-8-11-21/h15-16,19H,6-14H2,1-5H3,(H,20,22). The molecule has 5 heteroatoms. The van der Waals surface area contributed by atoms with Crippen molar-refractivity contribution in [2.24, 2.45) is 11.8 Å². The summed E-state index contributed by atoms with van der Waals surface area (Å²) in [5.74, 6) is 0.941. The number of alkyl carbamates (subject to hydrolysis) is 1. The van der Waals surface area contributed by atoms with Crippen LogP contribution in [0.1, 0.15) is 53.9 Å².